The van der Waals surface area contributed by atoms with Crippen LogP contribution in [0.4, 0.5) is 5.69 Å². The van der Waals surface area contributed by atoms with Gasteiger partial charge in [-0.15, -0.1) is 0 Å². The van der Waals surface area contributed by atoms with Gasteiger partial charge in [0, 0.05) is 18.7 Å². The van der Waals surface area contributed by atoms with E-state index in [0.717, 1.165) is 17.0 Å². The summed E-state index contributed by atoms with van der Waals surface area (Å²) in [5.41, 5.74) is 0.294. The van der Waals surface area contributed by atoms with Gasteiger partial charge >= 0.3 is 5.97 Å². The van der Waals surface area contributed by atoms with E-state index in [1.165, 1.54) is 0 Å². The molecule has 1 heterocycles. The van der Waals surface area contributed by atoms with Gasteiger partial charge in [0.05, 0.1) is 13.7 Å². The lowest BCUT2D eigenvalue weighted by Crippen LogP contribution is -2.49. The number of hydrogen-bond donors (Lipinski definition) is 1. The third-order valence-corrected chi connectivity index (χ3v) is 4.69. The Hall–Kier alpha value is -2.53. The average molecular weight is 341 g/mol. The van der Waals surface area contributed by atoms with Crippen molar-refractivity contribution in [1.29, 1.82) is 0 Å². The van der Waals surface area contributed by atoms with Gasteiger partial charge in [-0.2, -0.15) is 0 Å². The second kappa shape index (κ2) is 7.15. The number of aliphatic hydroxyl groups is 1. The fourth-order valence-electron chi connectivity index (χ4n) is 3.44. The molecule has 1 aliphatic heterocycles. The van der Waals surface area contributed by atoms with E-state index in [-0.39, 0.29) is 6.61 Å². The van der Waals surface area contributed by atoms with Crippen LogP contribution in [0.5, 0.6) is 5.75 Å². The van der Waals surface area contributed by atoms with E-state index in [9.17, 15) is 9.90 Å². The van der Waals surface area contributed by atoms with Gasteiger partial charge in [-0.3, -0.25) is 0 Å². The Labute approximate surface area is 147 Å². The average Bonchev–Trinajstić information content (AvgIpc) is 3.01. The number of benzene rings is 2. The van der Waals surface area contributed by atoms with E-state index in [1.807, 2.05) is 59.5 Å². The molecule has 0 aliphatic carbocycles. The summed E-state index contributed by atoms with van der Waals surface area (Å²) in [6.07, 6.45) is 0.451. The molecule has 0 unspecified atom stereocenters. The molecule has 1 saturated heterocycles. The molecule has 1 aliphatic rings. The lowest BCUT2D eigenvalue weighted by Gasteiger charge is -2.33. The molecule has 0 amide bonds. The van der Waals surface area contributed by atoms with Crippen LogP contribution in [0.1, 0.15) is 18.9 Å². The second-order valence-electron chi connectivity index (χ2n) is 6.09. The molecule has 5 nitrogen and oxygen atoms in total. The van der Waals surface area contributed by atoms with Gasteiger partial charge in [0.1, 0.15) is 11.4 Å². The first kappa shape index (κ1) is 17.3. The molecule has 0 aromatic heterocycles. The van der Waals surface area contributed by atoms with Crippen molar-refractivity contribution in [1.82, 2.24) is 0 Å². The Bertz CT molecular complexity index is 716. The number of methoxy groups -OCH3 is 1. The van der Waals surface area contributed by atoms with Crippen molar-refractivity contribution in [3.63, 3.8) is 0 Å². The lowest BCUT2D eigenvalue weighted by atomic mass is 9.86. The number of ether oxygens (including phenoxy) is 2. The summed E-state index contributed by atoms with van der Waals surface area (Å²) in [4.78, 5) is 14.6. The molecule has 5 heteroatoms. The predicted octanol–water partition coefficient (Wildman–Crippen LogP) is 2.72. The summed E-state index contributed by atoms with van der Waals surface area (Å²) < 4.78 is 10.5. The number of anilines is 1. The number of carbonyl (C=O) groups is 1. The maximum absolute atomic E-state index is 12.7. The molecular weight excluding hydrogens is 318 g/mol. The van der Waals surface area contributed by atoms with Crippen LogP contribution in [-0.4, -0.2) is 37.4 Å². The minimum Gasteiger partial charge on any atom is -0.497 e. The van der Waals surface area contributed by atoms with Gasteiger partial charge in [0.2, 0.25) is 0 Å². The summed E-state index contributed by atoms with van der Waals surface area (Å²) in [5, 5.41) is 11.4. The summed E-state index contributed by atoms with van der Waals surface area (Å²) in [6, 6.07) is 16.0. The molecule has 0 saturated carbocycles. The van der Waals surface area contributed by atoms with Crippen molar-refractivity contribution in [3.8, 4) is 5.75 Å². The maximum atomic E-state index is 12.7. The van der Waals surface area contributed by atoms with Crippen molar-refractivity contribution < 1.29 is 19.4 Å². The van der Waals surface area contributed by atoms with E-state index in [2.05, 4.69) is 0 Å². The van der Waals surface area contributed by atoms with Crippen LogP contribution in [-0.2, 0) is 15.1 Å². The molecule has 132 valence electrons. The first-order valence-corrected chi connectivity index (χ1v) is 8.45. The molecule has 2 atom stereocenters. The number of rotatable bonds is 5. The highest BCUT2D eigenvalue weighted by atomic mass is 16.5. The molecule has 3 rings (SSSR count). The zero-order valence-corrected chi connectivity index (χ0v) is 14.5. The highest BCUT2D eigenvalue weighted by Gasteiger charge is 2.52. The van der Waals surface area contributed by atoms with Crippen LogP contribution in [0, 0.1) is 0 Å². The van der Waals surface area contributed by atoms with Crippen molar-refractivity contribution >= 4 is 11.7 Å². The van der Waals surface area contributed by atoms with Crippen LogP contribution in [0.2, 0.25) is 0 Å². The Morgan fingerprint density at radius 1 is 1.20 bits per heavy atom. The van der Waals surface area contributed by atoms with Crippen LogP contribution >= 0.6 is 0 Å². The molecule has 2 aromatic carbocycles. The van der Waals surface area contributed by atoms with Gasteiger partial charge < -0.3 is 19.5 Å². The third kappa shape index (κ3) is 3.20. The Balaban J connectivity index is 1.99. The fourth-order valence-corrected chi connectivity index (χ4v) is 3.44. The minimum atomic E-state index is -1.28. The molecule has 0 bridgehead atoms. The number of hydrogen-bond acceptors (Lipinski definition) is 5. The van der Waals surface area contributed by atoms with Crippen molar-refractivity contribution in [2.24, 2.45) is 0 Å². The summed E-state index contributed by atoms with van der Waals surface area (Å²) >= 11 is 0. The van der Waals surface area contributed by atoms with Gasteiger partial charge in [0.15, 0.2) is 6.04 Å². The van der Waals surface area contributed by atoms with Gasteiger partial charge in [-0.1, -0.05) is 30.3 Å². The second-order valence-corrected chi connectivity index (χ2v) is 6.09. The number of nitrogens with zero attached hydrogens (tertiary/aromatic N) is 1. The predicted molar refractivity (Wildman–Crippen MR) is 95.7 cm³/mol. The molecular formula is C20H23NO4. The first-order valence-electron chi connectivity index (χ1n) is 8.45. The van der Waals surface area contributed by atoms with Gasteiger partial charge in [0.25, 0.3) is 0 Å². The maximum Gasteiger partial charge on any atom is 0.332 e. The fraction of sp³-hybridized carbons (Fsp3) is 0.350. The molecule has 1 fully saturated rings. The SMILES string of the molecule is CCOC(=O)[C@H]1N(c2ccc(OC)cc2)CC[C@]1(O)c1ccccc1. The van der Waals surface area contributed by atoms with E-state index in [4.69, 9.17) is 9.47 Å². The number of esters is 1. The Morgan fingerprint density at radius 2 is 1.88 bits per heavy atom. The van der Waals surface area contributed by atoms with E-state index in [1.54, 1.807) is 14.0 Å². The first-order chi connectivity index (χ1) is 12.1. The molecule has 1 N–H and O–H groups in total. The topological polar surface area (TPSA) is 59.0 Å². The normalized spacial score (nSPS) is 22.7. The van der Waals surface area contributed by atoms with Crippen molar-refractivity contribution in [3.05, 3.63) is 60.2 Å². The number of carbonyl (C=O) groups excluding carboxylic acids is 1. The van der Waals surface area contributed by atoms with Crippen LogP contribution in [0.25, 0.3) is 0 Å². The standard InChI is InChI=1S/C20H23NO4/c1-3-25-19(22)18-20(23,15-7-5-4-6-8-15)13-14-21(18)16-9-11-17(24-2)12-10-16/h4-12,18,23H,3,13-14H2,1-2H3/t18-,20+/m1/s1. The van der Waals surface area contributed by atoms with Crippen molar-refractivity contribution in [2.75, 3.05) is 25.2 Å². The zero-order chi connectivity index (χ0) is 17.9. The highest BCUT2D eigenvalue weighted by molar-refractivity contribution is 5.83. The molecule has 2 aromatic rings. The Morgan fingerprint density at radius 3 is 2.48 bits per heavy atom. The minimum absolute atomic E-state index is 0.274. The largest absolute Gasteiger partial charge is 0.497 e. The molecule has 0 spiro atoms. The monoisotopic (exact) mass is 341 g/mol. The third-order valence-electron chi connectivity index (χ3n) is 4.69. The smallest absolute Gasteiger partial charge is 0.332 e. The van der Waals surface area contributed by atoms with E-state index >= 15 is 0 Å². The zero-order valence-electron chi connectivity index (χ0n) is 14.5. The van der Waals surface area contributed by atoms with E-state index < -0.39 is 17.6 Å². The van der Waals surface area contributed by atoms with E-state index in [0.29, 0.717) is 13.0 Å². The quantitative estimate of drug-likeness (QED) is 0.848. The van der Waals surface area contributed by atoms with Crippen LogP contribution in [0.15, 0.2) is 54.6 Å². The summed E-state index contributed by atoms with van der Waals surface area (Å²) in [7, 11) is 1.61. The lowest BCUT2D eigenvalue weighted by molar-refractivity contribution is -0.150. The van der Waals surface area contributed by atoms with Crippen LogP contribution in [0.3, 0.4) is 0 Å². The van der Waals surface area contributed by atoms with Crippen LogP contribution < -0.4 is 9.64 Å². The molecule has 0 radical (unpaired) electrons. The summed E-state index contributed by atoms with van der Waals surface area (Å²) in [6.45, 7) is 2.60. The van der Waals surface area contributed by atoms with Gasteiger partial charge in [-0.25, -0.2) is 4.79 Å². The highest BCUT2D eigenvalue weighted by Crippen LogP contribution is 2.41. The van der Waals surface area contributed by atoms with Gasteiger partial charge in [-0.05, 0) is 36.8 Å². The summed E-state index contributed by atoms with van der Waals surface area (Å²) in [5.74, 6) is 0.330. The molecule has 25 heavy (non-hydrogen) atoms. The van der Waals surface area contributed by atoms with Crippen molar-refractivity contribution in [2.45, 2.75) is 25.0 Å². The Kier molecular flexibility index (Phi) is 4.95.